The van der Waals surface area contributed by atoms with E-state index in [0.717, 1.165) is 50.6 Å². The van der Waals surface area contributed by atoms with Crippen LogP contribution in [0, 0.1) is 0 Å². The number of carbonyl (C=O) groups is 2. The van der Waals surface area contributed by atoms with Crippen LogP contribution in [0.3, 0.4) is 0 Å². The van der Waals surface area contributed by atoms with Crippen LogP contribution in [-0.4, -0.2) is 35.8 Å². The molecule has 1 aliphatic heterocycles. The van der Waals surface area contributed by atoms with Crippen LogP contribution < -0.4 is 11.1 Å². The minimum Gasteiger partial charge on any atom is -0.365 e. The molecule has 0 saturated carbocycles. The summed E-state index contributed by atoms with van der Waals surface area (Å²) in [7, 11) is 0. The number of rotatable bonds is 5. The Kier molecular flexibility index (Phi) is 5.56. The number of primary amides is 1. The van der Waals surface area contributed by atoms with Gasteiger partial charge in [0.1, 0.15) is 5.00 Å². The van der Waals surface area contributed by atoms with Gasteiger partial charge in [-0.3, -0.25) is 14.5 Å². The van der Waals surface area contributed by atoms with Gasteiger partial charge in [0.05, 0.1) is 12.1 Å². The van der Waals surface area contributed by atoms with Crippen LogP contribution in [0.5, 0.6) is 0 Å². The summed E-state index contributed by atoms with van der Waals surface area (Å²) in [5.41, 5.74) is 7.21. The van der Waals surface area contributed by atoms with Crippen molar-refractivity contribution in [3.8, 4) is 0 Å². The van der Waals surface area contributed by atoms with E-state index in [1.54, 1.807) is 0 Å². The number of aryl methyl sites for hydroxylation is 1. The summed E-state index contributed by atoms with van der Waals surface area (Å²) in [4.78, 5) is 27.9. The molecular formula is C18H27N3O2S. The standard InChI is InChI=1S/C18H27N3O2S/c1-2-12-7-5-6-10-21(12)11-15(22)20-18-16(17(19)23)13-8-3-4-9-14(13)24-18/h12H,2-11H2,1H3,(H2,19,23)(H,20,22). The number of amides is 2. The third kappa shape index (κ3) is 3.64. The van der Waals surface area contributed by atoms with E-state index in [1.807, 2.05) is 0 Å². The molecule has 24 heavy (non-hydrogen) atoms. The van der Waals surface area contributed by atoms with Gasteiger partial charge in [-0.05, 0) is 57.1 Å². The highest BCUT2D eigenvalue weighted by atomic mass is 32.1. The van der Waals surface area contributed by atoms with E-state index in [1.165, 1.54) is 29.1 Å². The molecule has 2 heterocycles. The van der Waals surface area contributed by atoms with Crippen LogP contribution in [0.15, 0.2) is 0 Å². The molecule has 1 aromatic heterocycles. The topological polar surface area (TPSA) is 75.4 Å². The predicted octanol–water partition coefficient (Wildman–Crippen LogP) is 2.93. The first-order valence-electron chi connectivity index (χ1n) is 9.08. The average Bonchev–Trinajstić information content (AvgIpc) is 2.93. The predicted molar refractivity (Wildman–Crippen MR) is 97.6 cm³/mol. The lowest BCUT2D eigenvalue weighted by Gasteiger charge is -2.34. The lowest BCUT2D eigenvalue weighted by molar-refractivity contribution is -0.118. The number of anilines is 1. The second-order valence-corrected chi connectivity index (χ2v) is 7.96. The third-order valence-electron chi connectivity index (χ3n) is 5.24. The van der Waals surface area contributed by atoms with Crippen molar-refractivity contribution >= 4 is 28.2 Å². The zero-order chi connectivity index (χ0) is 17.1. The minimum absolute atomic E-state index is 0.0311. The normalized spacial score (nSPS) is 21.3. The van der Waals surface area contributed by atoms with Gasteiger partial charge >= 0.3 is 0 Å². The van der Waals surface area contributed by atoms with Crippen LogP contribution in [0.2, 0.25) is 0 Å². The van der Waals surface area contributed by atoms with Crippen molar-refractivity contribution < 1.29 is 9.59 Å². The molecule has 0 bridgehead atoms. The summed E-state index contributed by atoms with van der Waals surface area (Å²) in [5.74, 6) is -0.453. The van der Waals surface area contributed by atoms with Gasteiger partial charge in [-0.2, -0.15) is 0 Å². The smallest absolute Gasteiger partial charge is 0.251 e. The Hall–Kier alpha value is -1.40. The van der Waals surface area contributed by atoms with E-state index in [4.69, 9.17) is 5.73 Å². The molecule has 132 valence electrons. The van der Waals surface area contributed by atoms with E-state index < -0.39 is 5.91 Å². The maximum absolute atomic E-state index is 12.5. The van der Waals surface area contributed by atoms with Crippen LogP contribution in [0.4, 0.5) is 5.00 Å². The van der Waals surface area contributed by atoms with Crippen molar-refractivity contribution in [3.63, 3.8) is 0 Å². The molecule has 1 aromatic rings. The van der Waals surface area contributed by atoms with Crippen molar-refractivity contribution in [3.05, 3.63) is 16.0 Å². The summed E-state index contributed by atoms with van der Waals surface area (Å²) in [6, 6.07) is 0.497. The average molecular weight is 350 g/mol. The summed E-state index contributed by atoms with van der Waals surface area (Å²) in [6.07, 6.45) is 8.76. The monoisotopic (exact) mass is 349 g/mol. The molecule has 0 radical (unpaired) electrons. The lowest BCUT2D eigenvalue weighted by atomic mass is 9.95. The third-order valence-corrected chi connectivity index (χ3v) is 6.44. The molecule has 2 aliphatic rings. The van der Waals surface area contributed by atoms with E-state index in [-0.39, 0.29) is 5.91 Å². The van der Waals surface area contributed by atoms with E-state index >= 15 is 0 Å². The van der Waals surface area contributed by atoms with Gasteiger partial charge in [0.15, 0.2) is 0 Å². The molecule has 3 N–H and O–H groups in total. The van der Waals surface area contributed by atoms with Gasteiger partial charge in [-0.1, -0.05) is 13.3 Å². The maximum Gasteiger partial charge on any atom is 0.251 e. The first-order chi connectivity index (χ1) is 11.6. The highest BCUT2D eigenvalue weighted by Crippen LogP contribution is 2.37. The summed E-state index contributed by atoms with van der Waals surface area (Å²) in [6.45, 7) is 3.56. The lowest BCUT2D eigenvalue weighted by Crippen LogP contribution is -2.43. The Morgan fingerprint density at radius 2 is 2.04 bits per heavy atom. The summed E-state index contributed by atoms with van der Waals surface area (Å²) in [5, 5.41) is 3.64. The SMILES string of the molecule is CCC1CCCCN1CC(=O)Nc1sc2c(c1C(N)=O)CCCC2. The van der Waals surface area contributed by atoms with Crippen molar-refractivity contribution in [2.24, 2.45) is 5.73 Å². The van der Waals surface area contributed by atoms with E-state index in [9.17, 15) is 9.59 Å². The van der Waals surface area contributed by atoms with Gasteiger partial charge < -0.3 is 11.1 Å². The van der Waals surface area contributed by atoms with Crippen LogP contribution >= 0.6 is 11.3 Å². The van der Waals surface area contributed by atoms with Crippen LogP contribution in [-0.2, 0) is 17.6 Å². The zero-order valence-corrected chi connectivity index (χ0v) is 15.2. The zero-order valence-electron chi connectivity index (χ0n) is 14.4. The Morgan fingerprint density at radius 3 is 2.79 bits per heavy atom. The number of thiophene rings is 1. The second-order valence-electron chi connectivity index (χ2n) is 6.86. The number of nitrogens with two attached hydrogens (primary N) is 1. The highest BCUT2D eigenvalue weighted by molar-refractivity contribution is 7.17. The maximum atomic E-state index is 12.5. The van der Waals surface area contributed by atoms with Crippen molar-refractivity contribution in [2.75, 3.05) is 18.4 Å². The van der Waals surface area contributed by atoms with E-state index in [0.29, 0.717) is 23.2 Å². The molecule has 2 amide bonds. The van der Waals surface area contributed by atoms with Crippen molar-refractivity contribution in [1.29, 1.82) is 0 Å². The highest BCUT2D eigenvalue weighted by Gasteiger charge is 2.27. The molecule has 1 fully saturated rings. The Morgan fingerprint density at radius 1 is 1.25 bits per heavy atom. The van der Waals surface area contributed by atoms with Crippen molar-refractivity contribution in [1.82, 2.24) is 4.90 Å². The Bertz CT molecular complexity index is 626. The number of hydrogen-bond donors (Lipinski definition) is 2. The van der Waals surface area contributed by atoms with Crippen LogP contribution in [0.25, 0.3) is 0 Å². The first-order valence-corrected chi connectivity index (χ1v) is 9.90. The number of piperidine rings is 1. The fourth-order valence-corrected chi connectivity index (χ4v) is 5.31. The summed E-state index contributed by atoms with van der Waals surface area (Å²) < 4.78 is 0. The van der Waals surface area contributed by atoms with E-state index in [2.05, 4.69) is 17.1 Å². The molecule has 3 rings (SSSR count). The molecule has 6 heteroatoms. The van der Waals surface area contributed by atoms with Gasteiger partial charge in [-0.25, -0.2) is 0 Å². The number of likely N-dealkylation sites (tertiary alicyclic amines) is 1. The fourth-order valence-electron chi connectivity index (χ4n) is 4.00. The van der Waals surface area contributed by atoms with Gasteiger partial charge in [0.2, 0.25) is 5.91 Å². The molecule has 1 unspecified atom stereocenters. The second kappa shape index (κ2) is 7.66. The fraction of sp³-hybridized carbons (Fsp3) is 0.667. The van der Waals surface area contributed by atoms with Gasteiger partial charge in [0.25, 0.3) is 5.91 Å². The molecule has 0 aromatic carbocycles. The van der Waals surface area contributed by atoms with Gasteiger partial charge in [0, 0.05) is 10.9 Å². The molecule has 5 nitrogen and oxygen atoms in total. The van der Waals surface area contributed by atoms with Crippen molar-refractivity contribution in [2.45, 2.75) is 64.3 Å². The minimum atomic E-state index is -0.422. The number of hydrogen-bond acceptors (Lipinski definition) is 4. The molecule has 1 aliphatic carbocycles. The number of carbonyl (C=O) groups excluding carboxylic acids is 2. The number of nitrogens with zero attached hydrogens (tertiary/aromatic N) is 1. The Balaban J connectivity index is 1.72. The molecule has 1 saturated heterocycles. The largest absolute Gasteiger partial charge is 0.365 e. The number of nitrogens with one attached hydrogen (secondary N) is 1. The number of fused-ring (bicyclic) bond motifs is 1. The first kappa shape index (κ1) is 17.4. The molecule has 1 atom stereocenters. The molecule has 0 spiro atoms. The quantitative estimate of drug-likeness (QED) is 0.858. The summed E-state index contributed by atoms with van der Waals surface area (Å²) >= 11 is 1.54. The Labute approximate surface area is 147 Å². The molecular weight excluding hydrogens is 322 g/mol. The van der Waals surface area contributed by atoms with Crippen LogP contribution in [0.1, 0.15) is 66.2 Å². The van der Waals surface area contributed by atoms with Gasteiger partial charge in [-0.15, -0.1) is 11.3 Å².